The summed E-state index contributed by atoms with van der Waals surface area (Å²) < 4.78 is 17.7. The molecule has 1 aromatic carbocycles. The van der Waals surface area contributed by atoms with Crippen LogP contribution < -0.4 is 5.32 Å². The van der Waals surface area contributed by atoms with Crippen molar-refractivity contribution in [2.45, 2.75) is 26.2 Å². The van der Waals surface area contributed by atoms with Gasteiger partial charge in [0.05, 0.1) is 7.11 Å². The van der Waals surface area contributed by atoms with Gasteiger partial charge in [-0.25, -0.2) is 0 Å². The zero-order valence-electron chi connectivity index (χ0n) is 11.1. The summed E-state index contributed by atoms with van der Waals surface area (Å²) in [6, 6.07) is 7.34. The highest BCUT2D eigenvalue weighted by Crippen LogP contribution is 2.29. The third kappa shape index (κ3) is 3.58. The molecule has 0 radical (unpaired) electrons. The Hall–Kier alpha value is -1.84. The van der Waals surface area contributed by atoms with Crippen molar-refractivity contribution in [2.24, 2.45) is 0 Å². The quantitative estimate of drug-likeness (QED) is 0.660. The SMILES string of the molecule is CO/C=C(\F)C(=O)Nc1ccccc1C(C)(C)C. The first-order valence-electron chi connectivity index (χ1n) is 5.65. The Labute approximate surface area is 107 Å². The van der Waals surface area contributed by atoms with Crippen LogP contribution in [0.25, 0.3) is 0 Å². The van der Waals surface area contributed by atoms with Crippen molar-refractivity contribution in [1.29, 1.82) is 0 Å². The molecule has 0 saturated carbocycles. The predicted molar refractivity (Wildman–Crippen MR) is 70.0 cm³/mol. The minimum absolute atomic E-state index is 0.134. The molecule has 0 bridgehead atoms. The second-order valence-electron chi connectivity index (χ2n) is 4.95. The molecule has 4 heteroatoms. The van der Waals surface area contributed by atoms with Crippen molar-refractivity contribution < 1.29 is 13.9 Å². The molecule has 0 saturated heterocycles. The molecule has 0 spiro atoms. The maximum Gasteiger partial charge on any atom is 0.287 e. The second kappa shape index (κ2) is 5.67. The molecule has 3 nitrogen and oxygen atoms in total. The van der Waals surface area contributed by atoms with Crippen LogP contribution in [0.1, 0.15) is 26.3 Å². The summed E-state index contributed by atoms with van der Waals surface area (Å²) in [6.07, 6.45) is 0.773. The summed E-state index contributed by atoms with van der Waals surface area (Å²) in [5.74, 6) is -1.77. The number of methoxy groups -OCH3 is 1. The lowest BCUT2D eigenvalue weighted by molar-refractivity contribution is -0.114. The highest BCUT2D eigenvalue weighted by atomic mass is 19.1. The van der Waals surface area contributed by atoms with E-state index in [-0.39, 0.29) is 5.41 Å². The van der Waals surface area contributed by atoms with Gasteiger partial charge in [-0.05, 0) is 17.0 Å². The highest BCUT2D eigenvalue weighted by Gasteiger charge is 2.19. The minimum Gasteiger partial charge on any atom is -0.501 e. The minimum atomic E-state index is -0.957. The standard InChI is InChI=1S/C14H18FNO2/c1-14(2,3)10-7-5-6-8-12(10)16-13(17)11(15)9-18-4/h5-9H,1-4H3,(H,16,17)/b11-9-. The van der Waals surface area contributed by atoms with Gasteiger partial charge in [-0.2, -0.15) is 4.39 Å². The summed E-state index contributed by atoms with van der Waals surface area (Å²) in [4.78, 5) is 11.5. The molecule has 1 N–H and O–H groups in total. The fourth-order valence-corrected chi connectivity index (χ4v) is 1.59. The van der Waals surface area contributed by atoms with Crippen LogP contribution >= 0.6 is 0 Å². The number of carbonyl (C=O) groups is 1. The topological polar surface area (TPSA) is 38.3 Å². The van der Waals surface area contributed by atoms with Crippen molar-refractivity contribution in [1.82, 2.24) is 0 Å². The van der Waals surface area contributed by atoms with Gasteiger partial charge in [-0.15, -0.1) is 0 Å². The van der Waals surface area contributed by atoms with Crippen molar-refractivity contribution in [3.63, 3.8) is 0 Å². The fourth-order valence-electron chi connectivity index (χ4n) is 1.59. The van der Waals surface area contributed by atoms with E-state index in [9.17, 15) is 9.18 Å². The third-order valence-corrected chi connectivity index (χ3v) is 2.42. The second-order valence-corrected chi connectivity index (χ2v) is 4.95. The largest absolute Gasteiger partial charge is 0.501 e. The van der Waals surface area contributed by atoms with Crippen LogP contribution in [0.4, 0.5) is 10.1 Å². The van der Waals surface area contributed by atoms with E-state index in [2.05, 4.69) is 10.1 Å². The number of nitrogens with one attached hydrogen (secondary N) is 1. The first kappa shape index (κ1) is 14.2. The lowest BCUT2D eigenvalue weighted by Gasteiger charge is -2.22. The number of ether oxygens (including phenoxy) is 1. The van der Waals surface area contributed by atoms with Gasteiger partial charge in [0.25, 0.3) is 5.91 Å². The van der Waals surface area contributed by atoms with Crippen molar-refractivity contribution >= 4 is 11.6 Å². The zero-order chi connectivity index (χ0) is 13.8. The van der Waals surface area contributed by atoms with Crippen molar-refractivity contribution in [2.75, 3.05) is 12.4 Å². The Bertz CT molecular complexity index is 461. The third-order valence-electron chi connectivity index (χ3n) is 2.42. The Morgan fingerprint density at radius 1 is 1.33 bits per heavy atom. The number of hydrogen-bond acceptors (Lipinski definition) is 2. The normalized spacial score (nSPS) is 12.2. The van der Waals surface area contributed by atoms with Gasteiger partial charge in [0, 0.05) is 5.69 Å². The summed E-state index contributed by atoms with van der Waals surface area (Å²) in [6.45, 7) is 6.08. The Kier molecular flexibility index (Phi) is 4.48. The molecule has 18 heavy (non-hydrogen) atoms. The van der Waals surface area contributed by atoms with Crippen LogP contribution in [0.2, 0.25) is 0 Å². The van der Waals surface area contributed by atoms with E-state index >= 15 is 0 Å². The van der Waals surface area contributed by atoms with E-state index in [4.69, 9.17) is 0 Å². The summed E-state index contributed by atoms with van der Waals surface area (Å²) in [5.41, 5.74) is 1.42. The summed E-state index contributed by atoms with van der Waals surface area (Å²) in [7, 11) is 1.29. The molecule has 0 aliphatic heterocycles. The Balaban J connectivity index is 2.99. The molecular formula is C14H18FNO2. The molecule has 0 atom stereocenters. The van der Waals surface area contributed by atoms with Crippen LogP contribution in [0.15, 0.2) is 36.4 Å². The van der Waals surface area contributed by atoms with Gasteiger partial charge < -0.3 is 10.1 Å². The molecule has 1 rings (SSSR count). The maximum absolute atomic E-state index is 13.2. The molecule has 0 aliphatic carbocycles. The van der Waals surface area contributed by atoms with Gasteiger partial charge in [-0.3, -0.25) is 4.79 Å². The average molecular weight is 251 g/mol. The van der Waals surface area contributed by atoms with E-state index in [1.54, 1.807) is 12.1 Å². The first-order chi connectivity index (χ1) is 8.36. The zero-order valence-corrected chi connectivity index (χ0v) is 11.1. The average Bonchev–Trinajstić information content (AvgIpc) is 2.28. The van der Waals surface area contributed by atoms with Gasteiger partial charge >= 0.3 is 0 Å². The van der Waals surface area contributed by atoms with E-state index < -0.39 is 11.7 Å². The number of para-hydroxylation sites is 1. The van der Waals surface area contributed by atoms with Crippen LogP contribution in [0, 0.1) is 0 Å². The molecule has 0 unspecified atom stereocenters. The lowest BCUT2D eigenvalue weighted by Crippen LogP contribution is -2.18. The van der Waals surface area contributed by atoms with Gasteiger partial charge in [0.2, 0.25) is 5.83 Å². The van der Waals surface area contributed by atoms with Gasteiger partial charge in [0.1, 0.15) is 6.26 Å². The number of rotatable bonds is 3. The summed E-state index contributed by atoms with van der Waals surface area (Å²) >= 11 is 0. The molecule has 98 valence electrons. The van der Waals surface area contributed by atoms with Gasteiger partial charge in [0.15, 0.2) is 0 Å². The smallest absolute Gasteiger partial charge is 0.287 e. The molecule has 0 aromatic heterocycles. The Morgan fingerprint density at radius 2 is 1.94 bits per heavy atom. The first-order valence-corrected chi connectivity index (χ1v) is 5.65. The number of amides is 1. The van der Waals surface area contributed by atoms with Crippen molar-refractivity contribution in [3.8, 4) is 0 Å². The van der Waals surface area contributed by atoms with Crippen LogP contribution in [0.3, 0.4) is 0 Å². The molecule has 0 aliphatic rings. The molecule has 0 heterocycles. The van der Waals surface area contributed by atoms with E-state index in [0.29, 0.717) is 5.69 Å². The van der Waals surface area contributed by atoms with E-state index in [1.807, 2.05) is 32.9 Å². The molecule has 1 aromatic rings. The number of hydrogen-bond donors (Lipinski definition) is 1. The molecule has 1 amide bonds. The van der Waals surface area contributed by atoms with Crippen molar-refractivity contribution in [3.05, 3.63) is 41.9 Å². The Morgan fingerprint density at radius 3 is 2.50 bits per heavy atom. The lowest BCUT2D eigenvalue weighted by atomic mass is 9.86. The maximum atomic E-state index is 13.2. The summed E-state index contributed by atoms with van der Waals surface area (Å²) in [5, 5.41) is 2.54. The predicted octanol–water partition coefficient (Wildman–Crippen LogP) is 3.38. The van der Waals surface area contributed by atoms with Crippen LogP contribution in [-0.4, -0.2) is 13.0 Å². The number of benzene rings is 1. The number of carbonyl (C=O) groups excluding carboxylic acids is 1. The molecule has 0 fully saturated rings. The fraction of sp³-hybridized carbons (Fsp3) is 0.357. The number of anilines is 1. The highest BCUT2D eigenvalue weighted by molar-refractivity contribution is 6.02. The monoisotopic (exact) mass is 251 g/mol. The van der Waals surface area contributed by atoms with E-state index in [0.717, 1.165) is 11.8 Å². The number of halogens is 1. The van der Waals surface area contributed by atoms with Crippen LogP contribution in [-0.2, 0) is 14.9 Å². The van der Waals surface area contributed by atoms with Gasteiger partial charge in [-0.1, -0.05) is 39.0 Å². The van der Waals surface area contributed by atoms with E-state index in [1.165, 1.54) is 7.11 Å². The van der Waals surface area contributed by atoms with Crippen LogP contribution in [0.5, 0.6) is 0 Å². The molecular weight excluding hydrogens is 233 g/mol.